The number of carboxylic acids is 1. The number of anilines is 1. The number of carbonyl (C=O) groups is 2. The predicted octanol–water partition coefficient (Wildman–Crippen LogP) is 2.13. The van der Waals surface area contributed by atoms with Gasteiger partial charge in [0.25, 0.3) is 5.91 Å². The smallest absolute Gasteiger partial charge is 0.345 e. The van der Waals surface area contributed by atoms with E-state index in [4.69, 9.17) is 10.5 Å². The maximum Gasteiger partial charge on any atom is 0.345 e. The molecule has 4 rings (SSSR count). The SMILES string of the molecule is Nc1ccc(C(=O)N2CCC3(CC2)OCCc2cc(C(=O)O)sc23)cn1. The van der Waals surface area contributed by atoms with E-state index in [-0.39, 0.29) is 5.91 Å². The summed E-state index contributed by atoms with van der Waals surface area (Å²) in [5.41, 5.74) is 6.69. The van der Waals surface area contributed by atoms with Crippen molar-refractivity contribution >= 4 is 29.0 Å². The zero-order valence-electron chi connectivity index (χ0n) is 14.1. The van der Waals surface area contributed by atoms with Crippen molar-refractivity contribution in [2.45, 2.75) is 24.9 Å². The van der Waals surface area contributed by atoms with Gasteiger partial charge in [-0.1, -0.05) is 0 Å². The molecule has 0 saturated carbocycles. The molecule has 8 heteroatoms. The molecule has 1 fully saturated rings. The van der Waals surface area contributed by atoms with Crippen LogP contribution in [0.5, 0.6) is 0 Å². The first-order chi connectivity index (χ1) is 12.5. The molecular formula is C18H19N3O4S. The number of hydrogen-bond donors (Lipinski definition) is 2. The number of carboxylic acid groups (broad SMARTS) is 1. The Morgan fingerprint density at radius 2 is 2.08 bits per heavy atom. The van der Waals surface area contributed by atoms with Gasteiger partial charge in [-0.3, -0.25) is 4.79 Å². The van der Waals surface area contributed by atoms with Crippen molar-refractivity contribution < 1.29 is 19.4 Å². The van der Waals surface area contributed by atoms with E-state index in [0.717, 1.165) is 16.9 Å². The maximum absolute atomic E-state index is 12.7. The lowest BCUT2D eigenvalue weighted by Gasteiger charge is -2.43. The summed E-state index contributed by atoms with van der Waals surface area (Å²) >= 11 is 1.30. The Labute approximate surface area is 154 Å². The van der Waals surface area contributed by atoms with Crippen LogP contribution in [0.3, 0.4) is 0 Å². The second kappa shape index (κ2) is 6.37. The minimum Gasteiger partial charge on any atom is -0.477 e. The largest absolute Gasteiger partial charge is 0.477 e. The number of pyridine rings is 1. The third-order valence-electron chi connectivity index (χ3n) is 5.07. The van der Waals surface area contributed by atoms with E-state index in [1.165, 1.54) is 17.5 Å². The number of hydrogen-bond acceptors (Lipinski definition) is 6. The van der Waals surface area contributed by atoms with Gasteiger partial charge in [-0.25, -0.2) is 9.78 Å². The van der Waals surface area contributed by atoms with E-state index in [1.807, 2.05) is 0 Å². The molecule has 1 amide bonds. The van der Waals surface area contributed by atoms with Crippen LogP contribution in [0, 0.1) is 0 Å². The van der Waals surface area contributed by atoms with Crippen molar-refractivity contribution in [1.82, 2.24) is 9.88 Å². The first-order valence-corrected chi connectivity index (χ1v) is 9.31. The van der Waals surface area contributed by atoms with Gasteiger partial charge in [-0.05, 0) is 43.0 Å². The Hall–Kier alpha value is -2.45. The number of rotatable bonds is 2. The van der Waals surface area contributed by atoms with Crippen molar-refractivity contribution in [3.05, 3.63) is 45.3 Å². The van der Waals surface area contributed by atoms with Gasteiger partial charge in [-0.2, -0.15) is 0 Å². The molecule has 7 nitrogen and oxygen atoms in total. The molecule has 2 aliphatic heterocycles. The van der Waals surface area contributed by atoms with Gasteiger partial charge in [-0.15, -0.1) is 11.3 Å². The van der Waals surface area contributed by atoms with E-state index in [0.29, 0.717) is 48.8 Å². The second-order valence-electron chi connectivity index (χ2n) is 6.63. The Balaban J connectivity index is 1.53. The summed E-state index contributed by atoms with van der Waals surface area (Å²) in [6.45, 7) is 1.70. The zero-order valence-corrected chi connectivity index (χ0v) is 14.9. The van der Waals surface area contributed by atoms with E-state index in [9.17, 15) is 14.7 Å². The Morgan fingerprint density at radius 3 is 2.73 bits per heavy atom. The number of aromatic nitrogens is 1. The van der Waals surface area contributed by atoms with E-state index in [2.05, 4.69) is 4.98 Å². The number of nitrogen functional groups attached to an aromatic ring is 1. The van der Waals surface area contributed by atoms with Gasteiger partial charge in [0.1, 0.15) is 16.3 Å². The molecule has 1 spiro atoms. The quantitative estimate of drug-likeness (QED) is 0.835. The topological polar surface area (TPSA) is 106 Å². The lowest BCUT2D eigenvalue weighted by Crippen LogP contribution is -2.47. The van der Waals surface area contributed by atoms with Crippen LogP contribution in [0.15, 0.2) is 24.4 Å². The fourth-order valence-electron chi connectivity index (χ4n) is 3.68. The first kappa shape index (κ1) is 17.0. The van der Waals surface area contributed by atoms with Crippen LogP contribution in [0.4, 0.5) is 5.82 Å². The van der Waals surface area contributed by atoms with E-state index >= 15 is 0 Å². The van der Waals surface area contributed by atoms with Gasteiger partial charge in [0, 0.05) is 24.2 Å². The molecule has 136 valence electrons. The van der Waals surface area contributed by atoms with Crippen LogP contribution < -0.4 is 5.73 Å². The van der Waals surface area contributed by atoms with Crippen LogP contribution >= 0.6 is 11.3 Å². The van der Waals surface area contributed by atoms with E-state index < -0.39 is 11.6 Å². The number of ether oxygens (including phenoxy) is 1. The number of piperidine rings is 1. The van der Waals surface area contributed by atoms with Gasteiger partial charge in [0.2, 0.25) is 0 Å². The Morgan fingerprint density at radius 1 is 1.31 bits per heavy atom. The molecule has 2 aliphatic rings. The fraction of sp³-hybridized carbons (Fsp3) is 0.389. The molecular weight excluding hydrogens is 354 g/mol. The van der Waals surface area contributed by atoms with Crippen LogP contribution in [0.1, 0.15) is 43.3 Å². The monoisotopic (exact) mass is 373 g/mol. The number of nitrogens with zero attached hydrogens (tertiary/aromatic N) is 2. The highest BCUT2D eigenvalue weighted by Gasteiger charge is 2.43. The van der Waals surface area contributed by atoms with Gasteiger partial charge < -0.3 is 20.5 Å². The van der Waals surface area contributed by atoms with Crippen LogP contribution in [-0.2, 0) is 16.8 Å². The molecule has 0 aromatic carbocycles. The van der Waals surface area contributed by atoms with Crippen molar-refractivity contribution in [3.63, 3.8) is 0 Å². The minimum absolute atomic E-state index is 0.0687. The number of likely N-dealkylation sites (tertiary alicyclic amines) is 1. The van der Waals surface area contributed by atoms with Crippen LogP contribution in [0.2, 0.25) is 0 Å². The molecule has 4 heterocycles. The predicted molar refractivity (Wildman–Crippen MR) is 96.4 cm³/mol. The third kappa shape index (κ3) is 2.85. The summed E-state index contributed by atoms with van der Waals surface area (Å²) < 4.78 is 6.13. The van der Waals surface area contributed by atoms with Crippen molar-refractivity contribution in [1.29, 1.82) is 0 Å². The number of aromatic carboxylic acids is 1. The van der Waals surface area contributed by atoms with Crippen LogP contribution in [-0.4, -0.2) is 46.6 Å². The summed E-state index contributed by atoms with van der Waals surface area (Å²) in [6, 6.07) is 5.07. The van der Waals surface area contributed by atoms with E-state index in [1.54, 1.807) is 23.1 Å². The molecule has 2 aromatic rings. The molecule has 0 radical (unpaired) electrons. The maximum atomic E-state index is 12.7. The fourth-order valence-corrected chi connectivity index (χ4v) is 4.93. The number of carbonyl (C=O) groups excluding carboxylic acids is 1. The zero-order chi connectivity index (χ0) is 18.3. The van der Waals surface area contributed by atoms with Crippen molar-refractivity contribution in [3.8, 4) is 0 Å². The number of amides is 1. The Bertz CT molecular complexity index is 854. The minimum atomic E-state index is -0.900. The summed E-state index contributed by atoms with van der Waals surface area (Å²) in [7, 11) is 0. The number of nitrogens with two attached hydrogens (primary N) is 1. The highest BCUT2D eigenvalue weighted by molar-refractivity contribution is 7.14. The van der Waals surface area contributed by atoms with Crippen molar-refractivity contribution in [2.24, 2.45) is 0 Å². The number of fused-ring (bicyclic) bond motifs is 2. The normalized spacial score (nSPS) is 18.5. The lowest BCUT2D eigenvalue weighted by molar-refractivity contribution is -0.0906. The molecule has 2 aromatic heterocycles. The molecule has 0 atom stereocenters. The van der Waals surface area contributed by atoms with Crippen LogP contribution in [0.25, 0.3) is 0 Å². The highest BCUT2D eigenvalue weighted by atomic mass is 32.1. The van der Waals surface area contributed by atoms with Gasteiger partial charge in [0.15, 0.2) is 0 Å². The summed E-state index contributed by atoms with van der Waals surface area (Å²) in [5, 5.41) is 9.28. The summed E-state index contributed by atoms with van der Waals surface area (Å²) in [5.74, 6) is -0.585. The molecule has 0 unspecified atom stereocenters. The standard InChI is InChI=1S/C18H19N3O4S/c19-14-2-1-12(10-20-14)16(22)21-6-4-18(5-7-21)15-11(3-8-25-18)9-13(26-15)17(23)24/h1-2,9-10H,3-8H2,(H2,19,20)(H,23,24). The Kier molecular flexibility index (Phi) is 4.16. The molecule has 0 bridgehead atoms. The first-order valence-electron chi connectivity index (χ1n) is 8.50. The average Bonchev–Trinajstić information content (AvgIpc) is 3.09. The molecule has 0 aliphatic carbocycles. The molecule has 26 heavy (non-hydrogen) atoms. The third-order valence-corrected chi connectivity index (χ3v) is 6.43. The molecule has 3 N–H and O–H groups in total. The summed E-state index contributed by atoms with van der Waals surface area (Å²) in [6.07, 6.45) is 3.55. The van der Waals surface area contributed by atoms with Crippen molar-refractivity contribution in [2.75, 3.05) is 25.4 Å². The second-order valence-corrected chi connectivity index (χ2v) is 7.68. The van der Waals surface area contributed by atoms with Gasteiger partial charge in [0.05, 0.1) is 12.2 Å². The molecule has 1 saturated heterocycles. The summed E-state index contributed by atoms with van der Waals surface area (Å²) in [4.78, 5) is 31.1. The average molecular weight is 373 g/mol. The van der Waals surface area contributed by atoms with Gasteiger partial charge >= 0.3 is 5.97 Å². The number of thiophene rings is 1. The highest BCUT2D eigenvalue weighted by Crippen LogP contribution is 2.45. The lowest BCUT2D eigenvalue weighted by atomic mass is 9.85.